The van der Waals surface area contributed by atoms with Crippen LogP contribution in [0, 0.1) is 0 Å². The summed E-state index contributed by atoms with van der Waals surface area (Å²) < 4.78 is 1.38. The van der Waals surface area contributed by atoms with E-state index < -0.39 is 0 Å². The maximum atomic E-state index is 9.55. The van der Waals surface area contributed by atoms with E-state index in [1.54, 1.807) is 11.3 Å². The first-order chi connectivity index (χ1) is 7.31. The van der Waals surface area contributed by atoms with Gasteiger partial charge in [-0.2, -0.15) is 0 Å². The standard InChI is InChI=1S/C13H16OS/c1-2-12(14)7-6-10-4-3-5-11-8-9-15-13(10)11/h3-5,8-9,12,14H,2,6-7H2,1H3. The van der Waals surface area contributed by atoms with Crippen molar-refractivity contribution in [2.75, 3.05) is 0 Å². The fourth-order valence-electron chi connectivity index (χ4n) is 1.78. The number of hydrogen-bond acceptors (Lipinski definition) is 2. The van der Waals surface area contributed by atoms with E-state index in [0.29, 0.717) is 0 Å². The van der Waals surface area contributed by atoms with E-state index in [1.807, 2.05) is 6.92 Å². The largest absolute Gasteiger partial charge is 0.393 e. The van der Waals surface area contributed by atoms with Crippen LogP contribution in [0.15, 0.2) is 29.6 Å². The second-order valence-electron chi connectivity index (χ2n) is 3.86. The maximum absolute atomic E-state index is 9.55. The molecule has 0 fully saturated rings. The van der Waals surface area contributed by atoms with Crippen molar-refractivity contribution in [3.63, 3.8) is 0 Å². The molecule has 80 valence electrons. The quantitative estimate of drug-likeness (QED) is 0.834. The molecular weight excluding hydrogens is 204 g/mol. The molecule has 1 nitrogen and oxygen atoms in total. The van der Waals surface area contributed by atoms with Crippen LogP contribution in [0.3, 0.4) is 0 Å². The Bertz CT molecular complexity index is 433. The summed E-state index contributed by atoms with van der Waals surface area (Å²) >= 11 is 1.79. The fraction of sp³-hybridized carbons (Fsp3) is 0.385. The molecule has 1 unspecified atom stereocenters. The van der Waals surface area contributed by atoms with Gasteiger partial charge in [0.1, 0.15) is 0 Å². The molecule has 0 saturated carbocycles. The Hall–Kier alpha value is -0.860. The van der Waals surface area contributed by atoms with Gasteiger partial charge in [0.2, 0.25) is 0 Å². The van der Waals surface area contributed by atoms with Crippen LogP contribution < -0.4 is 0 Å². The first-order valence-corrected chi connectivity index (χ1v) is 6.32. The Morgan fingerprint density at radius 1 is 1.33 bits per heavy atom. The zero-order valence-corrected chi connectivity index (χ0v) is 9.76. The molecule has 0 bridgehead atoms. The van der Waals surface area contributed by atoms with Crippen LogP contribution in [0.5, 0.6) is 0 Å². The van der Waals surface area contributed by atoms with Gasteiger partial charge in [0, 0.05) is 4.70 Å². The van der Waals surface area contributed by atoms with Gasteiger partial charge in [-0.3, -0.25) is 0 Å². The topological polar surface area (TPSA) is 20.2 Å². The number of rotatable bonds is 4. The lowest BCUT2D eigenvalue weighted by Crippen LogP contribution is -2.05. The molecule has 0 aliphatic carbocycles. The summed E-state index contributed by atoms with van der Waals surface area (Å²) in [7, 11) is 0. The minimum Gasteiger partial charge on any atom is -0.393 e. The zero-order valence-electron chi connectivity index (χ0n) is 8.94. The summed E-state index contributed by atoms with van der Waals surface area (Å²) in [4.78, 5) is 0. The Kier molecular flexibility index (Phi) is 3.39. The highest BCUT2D eigenvalue weighted by Crippen LogP contribution is 2.25. The molecule has 15 heavy (non-hydrogen) atoms. The van der Waals surface area contributed by atoms with Gasteiger partial charge in [-0.05, 0) is 41.7 Å². The van der Waals surface area contributed by atoms with Crippen LogP contribution in [0.1, 0.15) is 25.3 Å². The molecule has 0 saturated heterocycles. The van der Waals surface area contributed by atoms with Gasteiger partial charge in [-0.1, -0.05) is 25.1 Å². The van der Waals surface area contributed by atoms with Crippen molar-refractivity contribution in [3.05, 3.63) is 35.2 Å². The lowest BCUT2D eigenvalue weighted by atomic mass is 10.0. The first-order valence-electron chi connectivity index (χ1n) is 5.44. The van der Waals surface area contributed by atoms with Crippen molar-refractivity contribution in [1.29, 1.82) is 0 Å². The molecule has 0 aliphatic rings. The Morgan fingerprint density at radius 3 is 3.00 bits per heavy atom. The molecule has 2 rings (SSSR count). The second-order valence-corrected chi connectivity index (χ2v) is 4.77. The molecule has 1 N–H and O–H groups in total. The van der Waals surface area contributed by atoms with Gasteiger partial charge in [0.25, 0.3) is 0 Å². The number of thiophene rings is 1. The van der Waals surface area contributed by atoms with E-state index in [9.17, 15) is 5.11 Å². The molecule has 1 heterocycles. The number of aryl methyl sites for hydroxylation is 1. The highest BCUT2D eigenvalue weighted by molar-refractivity contribution is 7.17. The Labute approximate surface area is 94.4 Å². The van der Waals surface area contributed by atoms with E-state index in [1.165, 1.54) is 15.6 Å². The van der Waals surface area contributed by atoms with Gasteiger partial charge in [0.15, 0.2) is 0 Å². The third kappa shape index (κ3) is 2.39. The third-order valence-corrected chi connectivity index (χ3v) is 3.78. The maximum Gasteiger partial charge on any atom is 0.0540 e. The van der Waals surface area contributed by atoms with Crippen LogP contribution in [0.2, 0.25) is 0 Å². The van der Waals surface area contributed by atoms with Crippen LogP contribution in [-0.2, 0) is 6.42 Å². The Morgan fingerprint density at radius 2 is 2.20 bits per heavy atom. The van der Waals surface area contributed by atoms with Gasteiger partial charge >= 0.3 is 0 Å². The lowest BCUT2D eigenvalue weighted by Gasteiger charge is -2.07. The highest BCUT2D eigenvalue weighted by atomic mass is 32.1. The summed E-state index contributed by atoms with van der Waals surface area (Å²) in [6.45, 7) is 2.02. The highest BCUT2D eigenvalue weighted by Gasteiger charge is 2.05. The van der Waals surface area contributed by atoms with E-state index in [0.717, 1.165) is 19.3 Å². The van der Waals surface area contributed by atoms with Crippen molar-refractivity contribution in [2.45, 2.75) is 32.3 Å². The average Bonchev–Trinajstić information content (AvgIpc) is 2.74. The SMILES string of the molecule is CCC(O)CCc1cccc2ccsc12. The molecule has 2 aromatic rings. The van der Waals surface area contributed by atoms with Gasteiger partial charge in [-0.25, -0.2) is 0 Å². The first kappa shape index (κ1) is 10.7. The minimum atomic E-state index is -0.153. The fourth-order valence-corrected chi connectivity index (χ4v) is 2.72. The van der Waals surface area contributed by atoms with E-state index in [4.69, 9.17) is 0 Å². The van der Waals surface area contributed by atoms with Crippen molar-refractivity contribution in [2.24, 2.45) is 0 Å². The molecule has 1 aromatic heterocycles. The molecular formula is C13H16OS. The number of benzene rings is 1. The molecule has 0 aliphatic heterocycles. The van der Waals surface area contributed by atoms with E-state index in [2.05, 4.69) is 29.6 Å². The molecule has 2 heteroatoms. The summed E-state index contributed by atoms with van der Waals surface area (Å²) in [6, 6.07) is 8.56. The molecule has 1 atom stereocenters. The number of aliphatic hydroxyl groups excluding tert-OH is 1. The molecule has 0 amide bonds. The van der Waals surface area contributed by atoms with Gasteiger partial charge < -0.3 is 5.11 Å². The van der Waals surface area contributed by atoms with E-state index in [-0.39, 0.29) is 6.10 Å². The van der Waals surface area contributed by atoms with Crippen molar-refractivity contribution >= 4 is 21.4 Å². The summed E-state index contributed by atoms with van der Waals surface area (Å²) in [5.41, 5.74) is 1.37. The van der Waals surface area contributed by atoms with Crippen LogP contribution >= 0.6 is 11.3 Å². The normalized spacial score (nSPS) is 13.2. The number of hydrogen-bond donors (Lipinski definition) is 1. The summed E-state index contributed by atoms with van der Waals surface area (Å²) in [5, 5.41) is 13.0. The average molecular weight is 220 g/mol. The van der Waals surface area contributed by atoms with Crippen LogP contribution in [0.25, 0.3) is 10.1 Å². The number of aliphatic hydroxyl groups is 1. The van der Waals surface area contributed by atoms with Crippen molar-refractivity contribution in [1.82, 2.24) is 0 Å². The van der Waals surface area contributed by atoms with E-state index >= 15 is 0 Å². The number of fused-ring (bicyclic) bond motifs is 1. The third-order valence-electron chi connectivity index (χ3n) is 2.78. The second kappa shape index (κ2) is 4.77. The molecule has 0 radical (unpaired) electrons. The van der Waals surface area contributed by atoms with Crippen molar-refractivity contribution < 1.29 is 5.11 Å². The van der Waals surface area contributed by atoms with Crippen molar-refractivity contribution in [3.8, 4) is 0 Å². The smallest absolute Gasteiger partial charge is 0.0540 e. The zero-order chi connectivity index (χ0) is 10.7. The molecule has 1 aromatic carbocycles. The van der Waals surface area contributed by atoms with Gasteiger partial charge in [0.05, 0.1) is 6.10 Å². The monoisotopic (exact) mass is 220 g/mol. The predicted molar refractivity (Wildman–Crippen MR) is 66.4 cm³/mol. The summed E-state index contributed by atoms with van der Waals surface area (Å²) in [6.07, 6.45) is 2.54. The van der Waals surface area contributed by atoms with Gasteiger partial charge in [-0.15, -0.1) is 11.3 Å². The predicted octanol–water partition coefficient (Wildman–Crippen LogP) is 3.60. The summed E-state index contributed by atoms with van der Waals surface area (Å²) in [5.74, 6) is 0. The van der Waals surface area contributed by atoms with Crippen LogP contribution in [-0.4, -0.2) is 11.2 Å². The minimum absolute atomic E-state index is 0.153. The Balaban J connectivity index is 2.17. The lowest BCUT2D eigenvalue weighted by molar-refractivity contribution is 0.161. The van der Waals surface area contributed by atoms with Crippen LogP contribution in [0.4, 0.5) is 0 Å². The molecule has 0 spiro atoms.